The number of hydrogen-bond acceptors (Lipinski definition) is 2. The highest BCUT2D eigenvalue weighted by molar-refractivity contribution is 7.81. The molecule has 0 aromatic heterocycles. The zero-order valence-electron chi connectivity index (χ0n) is 7.41. The Labute approximate surface area is 75.8 Å². The molecular weight excluding hydrogens is 176 g/mol. The molecule has 0 saturated heterocycles. The van der Waals surface area contributed by atoms with Gasteiger partial charge in [-0.25, -0.2) is 4.21 Å². The van der Waals surface area contributed by atoms with Crippen LogP contribution in [0, 0.1) is 0 Å². The van der Waals surface area contributed by atoms with Crippen LogP contribution in [0.15, 0.2) is 0 Å². The van der Waals surface area contributed by atoms with Gasteiger partial charge in [0.1, 0.15) is 0 Å². The van der Waals surface area contributed by atoms with Gasteiger partial charge in [-0.2, -0.15) is 0 Å². The summed E-state index contributed by atoms with van der Waals surface area (Å²) in [6, 6.07) is 0. The van der Waals surface area contributed by atoms with E-state index >= 15 is 0 Å². The molecule has 0 aliphatic heterocycles. The van der Waals surface area contributed by atoms with Gasteiger partial charge in [0.2, 0.25) is 0 Å². The Balaban J connectivity index is 2.10. The molecule has 12 heavy (non-hydrogen) atoms. The zero-order valence-corrected chi connectivity index (χ0v) is 8.23. The quantitative estimate of drug-likeness (QED) is 0.513. The van der Waals surface area contributed by atoms with Crippen molar-refractivity contribution in [3.05, 3.63) is 0 Å². The molecule has 0 bridgehead atoms. The molecule has 1 unspecified atom stereocenters. The third kappa shape index (κ3) is 2.54. The average Bonchev–Trinajstić information content (AvgIpc) is 2.79. The summed E-state index contributed by atoms with van der Waals surface area (Å²) in [6.07, 6.45) is 3.81. The molecule has 72 valence electrons. The fraction of sp³-hybridized carbons (Fsp3) is 1.00. The Morgan fingerprint density at radius 2 is 2.25 bits per heavy atom. The van der Waals surface area contributed by atoms with Gasteiger partial charge in [0.15, 0.2) is 11.1 Å². The highest BCUT2D eigenvalue weighted by Crippen LogP contribution is 2.41. The van der Waals surface area contributed by atoms with Crippen molar-refractivity contribution < 1.29 is 13.5 Å². The van der Waals surface area contributed by atoms with Crippen LogP contribution in [0.1, 0.15) is 32.6 Å². The van der Waals surface area contributed by atoms with Crippen LogP contribution in [0.3, 0.4) is 0 Å². The van der Waals surface area contributed by atoms with Crippen molar-refractivity contribution in [2.24, 2.45) is 0 Å². The molecule has 1 N–H and O–H groups in total. The van der Waals surface area contributed by atoms with E-state index in [0.29, 0.717) is 6.61 Å². The molecule has 1 saturated carbocycles. The second-order valence-electron chi connectivity index (χ2n) is 3.34. The van der Waals surface area contributed by atoms with Crippen LogP contribution < -0.4 is 0 Å². The number of ether oxygens (including phenoxy) is 1. The van der Waals surface area contributed by atoms with E-state index < -0.39 is 15.8 Å². The molecule has 0 aromatic rings. The molecule has 4 heteroatoms. The molecule has 0 heterocycles. The van der Waals surface area contributed by atoms with E-state index in [1.807, 2.05) is 0 Å². The van der Waals surface area contributed by atoms with Crippen LogP contribution in [-0.2, 0) is 15.8 Å². The highest BCUT2D eigenvalue weighted by atomic mass is 32.2. The predicted octanol–water partition coefficient (Wildman–Crippen LogP) is 1.56. The SMILES string of the molecule is CCCCOCC1(S(=O)O)CC1. The largest absolute Gasteiger partial charge is 0.380 e. The van der Waals surface area contributed by atoms with Gasteiger partial charge < -0.3 is 9.29 Å². The van der Waals surface area contributed by atoms with E-state index in [1.54, 1.807) is 0 Å². The molecule has 0 aromatic carbocycles. The lowest BCUT2D eigenvalue weighted by molar-refractivity contribution is 0.126. The van der Waals surface area contributed by atoms with E-state index in [-0.39, 0.29) is 0 Å². The highest BCUT2D eigenvalue weighted by Gasteiger charge is 2.49. The van der Waals surface area contributed by atoms with E-state index in [2.05, 4.69) is 6.92 Å². The summed E-state index contributed by atoms with van der Waals surface area (Å²) in [6.45, 7) is 3.27. The van der Waals surface area contributed by atoms with Crippen molar-refractivity contribution in [1.82, 2.24) is 0 Å². The Hall–Kier alpha value is 0.0700. The van der Waals surface area contributed by atoms with Gasteiger partial charge in [-0.3, -0.25) is 0 Å². The fourth-order valence-corrected chi connectivity index (χ4v) is 1.65. The van der Waals surface area contributed by atoms with Crippen molar-refractivity contribution in [3.8, 4) is 0 Å². The van der Waals surface area contributed by atoms with Gasteiger partial charge in [0.05, 0.1) is 11.4 Å². The molecule has 1 rings (SSSR count). The van der Waals surface area contributed by atoms with Crippen LogP contribution >= 0.6 is 0 Å². The van der Waals surface area contributed by atoms with E-state index in [0.717, 1.165) is 32.3 Å². The molecule has 0 amide bonds. The van der Waals surface area contributed by atoms with Crippen LogP contribution in [0.2, 0.25) is 0 Å². The van der Waals surface area contributed by atoms with Crippen molar-refractivity contribution in [1.29, 1.82) is 0 Å². The zero-order chi connectivity index (χ0) is 9.03. The Bertz CT molecular complexity index is 166. The molecule has 0 spiro atoms. The lowest BCUT2D eigenvalue weighted by atomic mass is 10.3. The van der Waals surface area contributed by atoms with Crippen LogP contribution in [0.4, 0.5) is 0 Å². The summed E-state index contributed by atoms with van der Waals surface area (Å²) in [4.78, 5) is 0. The summed E-state index contributed by atoms with van der Waals surface area (Å²) in [5.74, 6) is 0. The first kappa shape index (κ1) is 10.2. The maximum absolute atomic E-state index is 10.8. The topological polar surface area (TPSA) is 46.5 Å². The third-order valence-electron chi connectivity index (χ3n) is 2.19. The summed E-state index contributed by atoms with van der Waals surface area (Å²) in [5.41, 5.74) is 0. The summed E-state index contributed by atoms with van der Waals surface area (Å²) < 4.78 is 24.6. The Kier molecular flexibility index (Phi) is 3.68. The molecule has 1 atom stereocenters. The van der Waals surface area contributed by atoms with Crippen LogP contribution in [0.5, 0.6) is 0 Å². The molecule has 3 nitrogen and oxygen atoms in total. The Morgan fingerprint density at radius 1 is 1.58 bits per heavy atom. The van der Waals surface area contributed by atoms with Gasteiger partial charge in [-0.15, -0.1) is 0 Å². The summed E-state index contributed by atoms with van der Waals surface area (Å²) >= 11 is -1.70. The van der Waals surface area contributed by atoms with Crippen LogP contribution in [0.25, 0.3) is 0 Å². The van der Waals surface area contributed by atoms with Crippen molar-refractivity contribution in [3.63, 3.8) is 0 Å². The maximum atomic E-state index is 10.8. The molecule has 1 fully saturated rings. The van der Waals surface area contributed by atoms with Gasteiger partial charge >= 0.3 is 0 Å². The van der Waals surface area contributed by atoms with Gasteiger partial charge in [0, 0.05) is 6.61 Å². The lowest BCUT2D eigenvalue weighted by Crippen LogP contribution is -2.23. The second-order valence-corrected chi connectivity index (χ2v) is 4.70. The number of unbranched alkanes of at least 4 members (excludes halogenated alkanes) is 1. The van der Waals surface area contributed by atoms with Gasteiger partial charge in [-0.05, 0) is 19.3 Å². The van der Waals surface area contributed by atoms with Crippen molar-refractivity contribution >= 4 is 11.1 Å². The monoisotopic (exact) mass is 192 g/mol. The van der Waals surface area contributed by atoms with E-state index in [1.165, 1.54) is 0 Å². The Morgan fingerprint density at radius 3 is 2.67 bits per heavy atom. The average molecular weight is 192 g/mol. The first-order valence-electron chi connectivity index (χ1n) is 4.40. The van der Waals surface area contributed by atoms with Gasteiger partial charge in [0.25, 0.3) is 0 Å². The molecular formula is C8H16O3S. The first-order chi connectivity index (χ1) is 5.71. The smallest absolute Gasteiger partial charge is 0.161 e. The van der Waals surface area contributed by atoms with Gasteiger partial charge in [-0.1, -0.05) is 13.3 Å². The lowest BCUT2D eigenvalue weighted by Gasteiger charge is -2.10. The fourth-order valence-electron chi connectivity index (χ4n) is 1.01. The van der Waals surface area contributed by atoms with E-state index in [9.17, 15) is 4.21 Å². The molecule has 1 aliphatic rings. The maximum Gasteiger partial charge on any atom is 0.161 e. The van der Waals surface area contributed by atoms with Crippen LogP contribution in [-0.4, -0.2) is 26.7 Å². The summed E-state index contributed by atoms with van der Waals surface area (Å²) in [7, 11) is 0. The number of hydrogen-bond donors (Lipinski definition) is 1. The van der Waals surface area contributed by atoms with Crippen molar-refractivity contribution in [2.75, 3.05) is 13.2 Å². The number of rotatable bonds is 6. The standard InChI is InChI=1S/C8H16O3S/c1-2-3-6-11-7-8(4-5-8)12(9)10/h2-7H2,1H3,(H,9,10). The predicted molar refractivity (Wildman–Crippen MR) is 48.5 cm³/mol. The normalized spacial score (nSPS) is 22.2. The van der Waals surface area contributed by atoms with Crippen molar-refractivity contribution in [2.45, 2.75) is 37.4 Å². The minimum Gasteiger partial charge on any atom is -0.380 e. The summed E-state index contributed by atoms with van der Waals surface area (Å²) in [5, 5.41) is 0. The van der Waals surface area contributed by atoms with E-state index in [4.69, 9.17) is 9.29 Å². The minimum absolute atomic E-state index is 0.395. The third-order valence-corrected chi connectivity index (χ3v) is 3.45. The first-order valence-corrected chi connectivity index (χ1v) is 5.51. The second kappa shape index (κ2) is 4.35. The minimum atomic E-state index is -1.70. The molecule has 1 aliphatic carbocycles. The molecule has 0 radical (unpaired) electrons.